The number of hydrogen-bond acceptors (Lipinski definition) is 4. The van der Waals surface area contributed by atoms with Gasteiger partial charge in [0.2, 0.25) is 0 Å². The molecule has 2 aromatic carbocycles. The second-order valence-electron chi connectivity index (χ2n) is 4.64. The van der Waals surface area contributed by atoms with E-state index in [2.05, 4.69) is 10.5 Å². The van der Waals surface area contributed by atoms with Crippen LogP contribution in [0.25, 0.3) is 0 Å². The summed E-state index contributed by atoms with van der Waals surface area (Å²) < 4.78 is 5.32. The molecule has 0 saturated carbocycles. The lowest BCUT2D eigenvalue weighted by Crippen LogP contribution is -2.25. The molecule has 0 spiro atoms. The van der Waals surface area contributed by atoms with Gasteiger partial charge >= 0.3 is 0 Å². The maximum Gasteiger partial charge on any atom is 0.277 e. The number of benzene rings is 2. The molecule has 2 rings (SSSR count). The lowest BCUT2D eigenvalue weighted by molar-refractivity contribution is -0.123. The van der Waals surface area contributed by atoms with Crippen molar-refractivity contribution >= 4 is 23.2 Å². The van der Waals surface area contributed by atoms with Crippen molar-refractivity contribution in [3.63, 3.8) is 0 Å². The largest absolute Gasteiger partial charge is 0.482 e. The van der Waals surface area contributed by atoms with Crippen LogP contribution >= 0.6 is 11.6 Å². The third-order valence-corrected chi connectivity index (χ3v) is 3.23. The van der Waals surface area contributed by atoms with Gasteiger partial charge in [0.1, 0.15) is 11.8 Å². The number of hydrazone groups is 1. The number of nitrogens with one attached hydrogen (secondary N) is 1. The molecule has 0 fully saturated rings. The van der Waals surface area contributed by atoms with E-state index in [4.69, 9.17) is 21.6 Å². The van der Waals surface area contributed by atoms with Gasteiger partial charge in [0.05, 0.1) is 11.3 Å². The minimum absolute atomic E-state index is 0.226. The smallest absolute Gasteiger partial charge is 0.277 e. The summed E-state index contributed by atoms with van der Waals surface area (Å²) in [6.45, 7) is 1.55. The van der Waals surface area contributed by atoms with E-state index < -0.39 is 5.91 Å². The highest BCUT2D eigenvalue weighted by Gasteiger charge is 2.06. The van der Waals surface area contributed by atoms with Crippen LogP contribution in [0.3, 0.4) is 0 Å². The van der Waals surface area contributed by atoms with E-state index in [1.807, 2.05) is 18.2 Å². The van der Waals surface area contributed by atoms with E-state index in [0.29, 0.717) is 22.0 Å². The normalized spacial score (nSPS) is 10.7. The van der Waals surface area contributed by atoms with E-state index in [9.17, 15) is 4.79 Å². The van der Waals surface area contributed by atoms with Crippen molar-refractivity contribution in [2.45, 2.75) is 6.92 Å². The molecule has 2 aromatic rings. The van der Waals surface area contributed by atoms with Gasteiger partial charge in [0.25, 0.3) is 5.91 Å². The predicted molar refractivity (Wildman–Crippen MR) is 88.5 cm³/mol. The molecule has 1 N–H and O–H groups in total. The van der Waals surface area contributed by atoms with E-state index in [1.165, 1.54) is 0 Å². The topological polar surface area (TPSA) is 74.5 Å². The van der Waals surface area contributed by atoms with E-state index in [-0.39, 0.29) is 6.61 Å². The van der Waals surface area contributed by atoms with Crippen LogP contribution in [-0.4, -0.2) is 18.2 Å². The van der Waals surface area contributed by atoms with Crippen LogP contribution in [-0.2, 0) is 4.79 Å². The first-order chi connectivity index (χ1) is 11.1. The van der Waals surface area contributed by atoms with Gasteiger partial charge in [-0.15, -0.1) is 0 Å². The number of carbonyl (C=O) groups excluding carboxylic acids is 1. The van der Waals surface area contributed by atoms with Crippen LogP contribution in [0.2, 0.25) is 5.02 Å². The Labute approximate surface area is 139 Å². The number of nitriles is 1. The first-order valence-corrected chi connectivity index (χ1v) is 7.19. The first-order valence-electron chi connectivity index (χ1n) is 6.81. The molecule has 23 heavy (non-hydrogen) atoms. The second-order valence-corrected chi connectivity index (χ2v) is 5.07. The molecule has 0 atom stereocenters. The van der Waals surface area contributed by atoms with Gasteiger partial charge in [-0.25, -0.2) is 5.43 Å². The predicted octanol–water partition coefficient (Wildman–Crippen LogP) is 3.13. The maximum absolute atomic E-state index is 11.8. The highest BCUT2D eigenvalue weighted by Crippen LogP contribution is 2.16. The van der Waals surface area contributed by atoms with Gasteiger partial charge in [-0.2, -0.15) is 10.4 Å². The van der Waals surface area contributed by atoms with Gasteiger partial charge in [0, 0.05) is 5.02 Å². The number of para-hydroxylation sites is 1. The summed E-state index contributed by atoms with van der Waals surface area (Å²) in [7, 11) is 0. The van der Waals surface area contributed by atoms with Gasteiger partial charge in [-0.3, -0.25) is 4.79 Å². The standard InChI is InChI=1S/C17H14ClN3O2/c1-12(13-6-8-15(18)9-7-13)20-21-17(22)11-23-16-5-3-2-4-14(16)10-19/h2-9H,11H2,1H3,(H,21,22)/b20-12-. The summed E-state index contributed by atoms with van der Waals surface area (Å²) in [5.74, 6) is -0.0467. The maximum atomic E-state index is 11.8. The molecule has 1 amide bonds. The number of nitrogens with zero attached hydrogens (tertiary/aromatic N) is 2. The number of rotatable bonds is 5. The van der Waals surface area contributed by atoms with E-state index in [1.54, 1.807) is 43.3 Å². The molecule has 0 aliphatic carbocycles. The summed E-state index contributed by atoms with van der Waals surface area (Å²) in [5, 5.41) is 13.6. The fraction of sp³-hybridized carbons (Fsp3) is 0.118. The Kier molecular flexibility index (Phi) is 5.73. The number of amides is 1. The molecule has 0 aromatic heterocycles. The van der Waals surface area contributed by atoms with Crippen LogP contribution in [0.4, 0.5) is 0 Å². The molecule has 116 valence electrons. The molecule has 0 radical (unpaired) electrons. The first kappa shape index (κ1) is 16.5. The van der Waals surface area contributed by atoms with Gasteiger partial charge in [0.15, 0.2) is 6.61 Å². The van der Waals surface area contributed by atoms with Gasteiger partial charge in [-0.1, -0.05) is 35.9 Å². The van der Waals surface area contributed by atoms with Gasteiger partial charge in [-0.05, 0) is 36.8 Å². The van der Waals surface area contributed by atoms with Crippen molar-refractivity contribution in [3.05, 3.63) is 64.7 Å². The number of ether oxygens (including phenoxy) is 1. The lowest BCUT2D eigenvalue weighted by atomic mass is 10.1. The number of halogens is 1. The minimum atomic E-state index is -0.411. The van der Waals surface area contributed by atoms with Crippen LogP contribution in [0, 0.1) is 11.3 Å². The van der Waals surface area contributed by atoms with E-state index in [0.717, 1.165) is 5.56 Å². The summed E-state index contributed by atoms with van der Waals surface area (Å²) in [5.41, 5.74) is 4.29. The van der Waals surface area contributed by atoms with Crippen molar-refractivity contribution < 1.29 is 9.53 Å². The molecule has 5 nitrogen and oxygen atoms in total. The summed E-state index contributed by atoms with van der Waals surface area (Å²) >= 11 is 5.82. The fourth-order valence-corrected chi connectivity index (χ4v) is 1.89. The quantitative estimate of drug-likeness (QED) is 0.677. The zero-order valence-electron chi connectivity index (χ0n) is 12.4. The zero-order valence-corrected chi connectivity index (χ0v) is 13.2. The third kappa shape index (κ3) is 4.83. The van der Waals surface area contributed by atoms with Crippen LogP contribution in [0.15, 0.2) is 53.6 Å². The fourth-order valence-electron chi connectivity index (χ4n) is 1.76. The Morgan fingerprint density at radius 3 is 2.65 bits per heavy atom. The average molecular weight is 328 g/mol. The summed E-state index contributed by atoms with van der Waals surface area (Å²) in [4.78, 5) is 11.8. The van der Waals surface area contributed by atoms with Crippen molar-refractivity contribution in [1.82, 2.24) is 5.43 Å². The average Bonchev–Trinajstić information content (AvgIpc) is 2.58. The van der Waals surface area contributed by atoms with Crippen LogP contribution < -0.4 is 10.2 Å². The highest BCUT2D eigenvalue weighted by molar-refractivity contribution is 6.30. The second kappa shape index (κ2) is 7.97. The number of hydrogen-bond donors (Lipinski definition) is 1. The van der Waals surface area contributed by atoms with Gasteiger partial charge < -0.3 is 4.74 Å². The molecule has 0 aliphatic heterocycles. The summed E-state index contributed by atoms with van der Waals surface area (Å²) in [6.07, 6.45) is 0. The van der Waals surface area contributed by atoms with Crippen LogP contribution in [0.1, 0.15) is 18.1 Å². The molecular weight excluding hydrogens is 314 g/mol. The monoisotopic (exact) mass is 327 g/mol. The molecule has 0 heterocycles. The highest BCUT2D eigenvalue weighted by atomic mass is 35.5. The van der Waals surface area contributed by atoms with Crippen molar-refractivity contribution in [1.29, 1.82) is 5.26 Å². The molecule has 0 bridgehead atoms. The zero-order chi connectivity index (χ0) is 16.7. The van der Waals surface area contributed by atoms with Crippen LogP contribution in [0.5, 0.6) is 5.75 Å². The minimum Gasteiger partial charge on any atom is -0.482 e. The molecule has 6 heteroatoms. The number of carbonyl (C=O) groups is 1. The lowest BCUT2D eigenvalue weighted by Gasteiger charge is -2.07. The molecule has 0 aliphatic rings. The Morgan fingerprint density at radius 2 is 1.96 bits per heavy atom. The van der Waals surface area contributed by atoms with E-state index >= 15 is 0 Å². The molecule has 0 saturated heterocycles. The third-order valence-electron chi connectivity index (χ3n) is 2.98. The van der Waals surface area contributed by atoms with Crippen molar-refractivity contribution in [3.8, 4) is 11.8 Å². The Balaban J connectivity index is 1.91. The SMILES string of the molecule is C/C(=N/NC(=O)COc1ccccc1C#N)c1ccc(Cl)cc1. The van der Waals surface area contributed by atoms with Crippen molar-refractivity contribution in [2.24, 2.45) is 5.10 Å². The Hall–Kier alpha value is -2.84. The Morgan fingerprint density at radius 1 is 1.26 bits per heavy atom. The van der Waals surface area contributed by atoms with Crippen molar-refractivity contribution in [2.75, 3.05) is 6.61 Å². The molecule has 0 unspecified atom stereocenters. The Bertz CT molecular complexity index is 764. The summed E-state index contributed by atoms with van der Waals surface area (Å²) in [6, 6.07) is 15.8. The molecular formula is C17H14ClN3O2.